The zero-order chi connectivity index (χ0) is 14.2. The van der Waals surface area contributed by atoms with Crippen LogP contribution in [0.25, 0.3) is 0 Å². The number of nitrogen functional groups attached to an aromatic ring is 1. The summed E-state index contributed by atoms with van der Waals surface area (Å²) in [7, 11) is 0. The third kappa shape index (κ3) is 2.78. The van der Waals surface area contributed by atoms with E-state index in [1.807, 2.05) is 0 Å². The quantitative estimate of drug-likeness (QED) is 0.886. The molecule has 2 aliphatic rings. The molecule has 0 radical (unpaired) electrons. The Bertz CT molecular complexity index is 481. The highest BCUT2D eigenvalue weighted by Gasteiger charge is 2.28. The number of nitrogens with two attached hydrogens (primary N) is 1. The second-order valence-electron chi connectivity index (χ2n) is 6.68. The molecular weight excluding hydrogens is 252 g/mol. The molecule has 3 heterocycles. The molecule has 0 atom stereocenters. The van der Waals surface area contributed by atoms with Crippen molar-refractivity contribution in [1.82, 2.24) is 15.0 Å². The molecule has 2 aliphatic heterocycles. The number of piperidine rings is 1. The first kappa shape index (κ1) is 13.4. The summed E-state index contributed by atoms with van der Waals surface area (Å²) in [6.07, 6.45) is 4.84. The Morgan fingerprint density at radius 1 is 0.900 bits per heavy atom. The minimum atomic E-state index is 0.313. The number of aromatic nitrogens is 3. The molecule has 0 aliphatic carbocycles. The molecule has 110 valence electrons. The van der Waals surface area contributed by atoms with Crippen molar-refractivity contribution in [3.63, 3.8) is 0 Å². The van der Waals surface area contributed by atoms with Gasteiger partial charge in [0, 0.05) is 26.2 Å². The van der Waals surface area contributed by atoms with Gasteiger partial charge in [-0.05, 0) is 31.1 Å². The minimum absolute atomic E-state index is 0.313. The normalized spacial score (nSPS) is 22.3. The largest absolute Gasteiger partial charge is 0.368 e. The third-order valence-electron chi connectivity index (χ3n) is 4.20. The van der Waals surface area contributed by atoms with Crippen LogP contribution in [0, 0.1) is 5.41 Å². The Morgan fingerprint density at radius 3 is 2.15 bits per heavy atom. The molecule has 2 saturated heterocycles. The molecule has 0 bridgehead atoms. The smallest absolute Gasteiger partial charge is 0.231 e. The van der Waals surface area contributed by atoms with E-state index in [2.05, 4.69) is 38.6 Å². The van der Waals surface area contributed by atoms with Crippen LogP contribution < -0.4 is 15.5 Å². The van der Waals surface area contributed by atoms with Gasteiger partial charge in [0.15, 0.2) is 0 Å². The van der Waals surface area contributed by atoms with Crippen LogP contribution in [0.3, 0.4) is 0 Å². The molecular formula is C14H24N6. The van der Waals surface area contributed by atoms with Crippen LogP contribution in [0.1, 0.15) is 39.5 Å². The van der Waals surface area contributed by atoms with E-state index >= 15 is 0 Å². The van der Waals surface area contributed by atoms with E-state index in [9.17, 15) is 0 Å². The molecule has 0 amide bonds. The topological polar surface area (TPSA) is 71.2 Å². The molecule has 0 spiro atoms. The van der Waals surface area contributed by atoms with Gasteiger partial charge >= 0.3 is 0 Å². The molecule has 6 nitrogen and oxygen atoms in total. The van der Waals surface area contributed by atoms with Gasteiger partial charge in [0.2, 0.25) is 17.8 Å². The van der Waals surface area contributed by atoms with Crippen molar-refractivity contribution >= 4 is 17.8 Å². The minimum Gasteiger partial charge on any atom is -0.368 e. The van der Waals surface area contributed by atoms with Gasteiger partial charge in [0.25, 0.3) is 0 Å². The molecule has 20 heavy (non-hydrogen) atoms. The summed E-state index contributed by atoms with van der Waals surface area (Å²) in [5.74, 6) is 1.82. The molecule has 3 rings (SSSR count). The van der Waals surface area contributed by atoms with Crippen LogP contribution in [-0.2, 0) is 0 Å². The predicted octanol–water partition coefficient (Wildman–Crippen LogP) is 1.68. The molecule has 0 unspecified atom stereocenters. The summed E-state index contributed by atoms with van der Waals surface area (Å²) in [6.45, 7) is 8.63. The van der Waals surface area contributed by atoms with Gasteiger partial charge in [0.05, 0.1) is 0 Å². The first-order valence-corrected chi connectivity index (χ1v) is 7.55. The summed E-state index contributed by atoms with van der Waals surface area (Å²) in [4.78, 5) is 17.8. The van der Waals surface area contributed by atoms with Gasteiger partial charge in [0.1, 0.15) is 0 Å². The fourth-order valence-corrected chi connectivity index (χ4v) is 3.16. The van der Waals surface area contributed by atoms with Crippen molar-refractivity contribution in [2.24, 2.45) is 5.41 Å². The molecule has 6 heteroatoms. The lowest BCUT2D eigenvalue weighted by atomic mass is 9.84. The lowest BCUT2D eigenvalue weighted by molar-refractivity contribution is 0.291. The lowest BCUT2D eigenvalue weighted by Crippen LogP contribution is -2.41. The Labute approximate surface area is 120 Å². The zero-order valence-electron chi connectivity index (χ0n) is 12.5. The monoisotopic (exact) mass is 276 g/mol. The third-order valence-corrected chi connectivity index (χ3v) is 4.20. The van der Waals surface area contributed by atoms with E-state index in [1.54, 1.807) is 0 Å². The molecule has 2 fully saturated rings. The average molecular weight is 276 g/mol. The van der Waals surface area contributed by atoms with Gasteiger partial charge < -0.3 is 15.5 Å². The van der Waals surface area contributed by atoms with Crippen LogP contribution in [0.5, 0.6) is 0 Å². The maximum absolute atomic E-state index is 5.89. The van der Waals surface area contributed by atoms with Crippen LogP contribution in [-0.4, -0.2) is 41.1 Å². The highest BCUT2D eigenvalue weighted by Crippen LogP contribution is 2.31. The zero-order valence-corrected chi connectivity index (χ0v) is 12.5. The lowest BCUT2D eigenvalue weighted by Gasteiger charge is -2.38. The van der Waals surface area contributed by atoms with E-state index in [0.717, 1.165) is 38.1 Å². The van der Waals surface area contributed by atoms with E-state index in [0.29, 0.717) is 11.4 Å². The Kier molecular flexibility index (Phi) is 3.40. The number of anilines is 3. The molecule has 1 aromatic rings. The van der Waals surface area contributed by atoms with E-state index < -0.39 is 0 Å². The van der Waals surface area contributed by atoms with E-state index in [-0.39, 0.29) is 0 Å². The molecule has 1 aromatic heterocycles. The first-order chi connectivity index (χ1) is 9.53. The Morgan fingerprint density at radius 2 is 1.50 bits per heavy atom. The van der Waals surface area contributed by atoms with Crippen LogP contribution in [0.15, 0.2) is 0 Å². The van der Waals surface area contributed by atoms with Crippen LogP contribution in [0.4, 0.5) is 17.8 Å². The number of hydrogen-bond donors (Lipinski definition) is 1. The van der Waals surface area contributed by atoms with Crippen LogP contribution in [0.2, 0.25) is 0 Å². The second kappa shape index (κ2) is 5.07. The Hall–Kier alpha value is -1.59. The summed E-state index contributed by atoms with van der Waals surface area (Å²) in [6, 6.07) is 0. The second-order valence-corrected chi connectivity index (χ2v) is 6.68. The highest BCUT2D eigenvalue weighted by atomic mass is 15.4. The number of hydrogen-bond acceptors (Lipinski definition) is 6. The average Bonchev–Trinajstić information content (AvgIpc) is 2.90. The fourth-order valence-electron chi connectivity index (χ4n) is 3.16. The molecule has 0 aromatic carbocycles. The maximum atomic E-state index is 5.89. The highest BCUT2D eigenvalue weighted by molar-refractivity contribution is 5.44. The fraction of sp³-hybridized carbons (Fsp3) is 0.786. The van der Waals surface area contributed by atoms with Crippen molar-refractivity contribution in [3.8, 4) is 0 Å². The Balaban J connectivity index is 1.85. The van der Waals surface area contributed by atoms with Gasteiger partial charge in [-0.2, -0.15) is 15.0 Å². The summed E-state index contributed by atoms with van der Waals surface area (Å²) in [5.41, 5.74) is 6.20. The van der Waals surface area contributed by atoms with E-state index in [4.69, 9.17) is 5.73 Å². The van der Waals surface area contributed by atoms with Crippen molar-refractivity contribution in [3.05, 3.63) is 0 Å². The first-order valence-electron chi connectivity index (χ1n) is 7.55. The van der Waals surface area contributed by atoms with Gasteiger partial charge in [-0.3, -0.25) is 0 Å². The van der Waals surface area contributed by atoms with Crippen LogP contribution >= 0.6 is 0 Å². The SMILES string of the molecule is CC1(C)CCCN(c2nc(N)nc(N3CCCC3)n2)C1. The summed E-state index contributed by atoms with van der Waals surface area (Å²) < 4.78 is 0. The summed E-state index contributed by atoms with van der Waals surface area (Å²) >= 11 is 0. The van der Waals surface area contributed by atoms with Gasteiger partial charge in [-0.15, -0.1) is 0 Å². The van der Waals surface area contributed by atoms with Crippen molar-refractivity contribution in [2.45, 2.75) is 39.5 Å². The van der Waals surface area contributed by atoms with Gasteiger partial charge in [-0.1, -0.05) is 13.8 Å². The molecule has 0 saturated carbocycles. The predicted molar refractivity (Wildman–Crippen MR) is 80.9 cm³/mol. The van der Waals surface area contributed by atoms with E-state index in [1.165, 1.54) is 25.7 Å². The standard InChI is InChI=1S/C14H24N6/c1-14(2)6-5-9-20(10-14)13-17-11(15)16-12(18-13)19-7-3-4-8-19/h3-10H2,1-2H3,(H2,15,16,17,18). The van der Waals surface area contributed by atoms with Crippen molar-refractivity contribution < 1.29 is 0 Å². The summed E-state index contributed by atoms with van der Waals surface area (Å²) in [5, 5.41) is 0. The maximum Gasteiger partial charge on any atom is 0.231 e. The van der Waals surface area contributed by atoms with Gasteiger partial charge in [-0.25, -0.2) is 0 Å². The van der Waals surface area contributed by atoms with Crippen molar-refractivity contribution in [2.75, 3.05) is 41.7 Å². The van der Waals surface area contributed by atoms with Crippen molar-refractivity contribution in [1.29, 1.82) is 0 Å². The molecule has 2 N–H and O–H groups in total. The number of rotatable bonds is 2. The number of nitrogens with zero attached hydrogens (tertiary/aromatic N) is 5.